The van der Waals surface area contributed by atoms with Crippen molar-refractivity contribution in [3.63, 3.8) is 0 Å². The molecule has 96 valence electrons. The Kier molecular flexibility index (Phi) is 3.84. The molecule has 19 heavy (non-hydrogen) atoms. The molecule has 0 bridgehead atoms. The summed E-state index contributed by atoms with van der Waals surface area (Å²) in [4.78, 5) is 3.97. The summed E-state index contributed by atoms with van der Waals surface area (Å²) in [6.45, 7) is 0. The Bertz CT molecular complexity index is 751. The van der Waals surface area contributed by atoms with Crippen LogP contribution in [0.5, 0.6) is 0 Å². The van der Waals surface area contributed by atoms with Crippen LogP contribution in [0.3, 0.4) is 0 Å². The highest BCUT2D eigenvalue weighted by molar-refractivity contribution is 7.90. The normalized spacial score (nSPS) is 10.9. The number of rotatable bonds is 3. The number of hydrogen-bond donors (Lipinski definition) is 0. The van der Waals surface area contributed by atoms with Crippen molar-refractivity contribution in [2.24, 2.45) is 0 Å². The molecular formula is C13H9ClN2O2S. The van der Waals surface area contributed by atoms with Crippen LogP contribution in [0.2, 0.25) is 5.02 Å². The van der Waals surface area contributed by atoms with E-state index in [9.17, 15) is 8.42 Å². The summed E-state index contributed by atoms with van der Waals surface area (Å²) in [6.07, 6.45) is 1.45. The molecule has 0 aliphatic heterocycles. The van der Waals surface area contributed by atoms with E-state index in [2.05, 4.69) is 4.98 Å². The number of benzene rings is 1. The first-order valence-electron chi connectivity index (χ1n) is 5.35. The molecule has 2 aromatic rings. The van der Waals surface area contributed by atoms with Crippen LogP contribution in [0.15, 0.2) is 47.5 Å². The predicted molar refractivity (Wildman–Crippen MR) is 71.3 cm³/mol. The van der Waals surface area contributed by atoms with E-state index in [1.807, 2.05) is 6.07 Å². The molecule has 0 unspecified atom stereocenters. The van der Waals surface area contributed by atoms with E-state index in [-0.39, 0.29) is 16.3 Å². The molecule has 0 atom stereocenters. The Morgan fingerprint density at radius 1 is 1.26 bits per heavy atom. The van der Waals surface area contributed by atoms with E-state index in [0.717, 1.165) is 0 Å². The van der Waals surface area contributed by atoms with Gasteiger partial charge in [0.1, 0.15) is 11.8 Å². The quantitative estimate of drug-likeness (QED) is 0.872. The van der Waals surface area contributed by atoms with Crippen molar-refractivity contribution in [3.05, 3.63) is 58.9 Å². The number of aromatic nitrogens is 1. The molecule has 1 aromatic carbocycles. The first-order valence-corrected chi connectivity index (χ1v) is 7.38. The summed E-state index contributed by atoms with van der Waals surface area (Å²) >= 11 is 5.78. The monoisotopic (exact) mass is 292 g/mol. The predicted octanol–water partition coefficient (Wildman–Crippen LogP) is 2.58. The van der Waals surface area contributed by atoms with Crippen LogP contribution in [0, 0.1) is 11.3 Å². The zero-order valence-corrected chi connectivity index (χ0v) is 11.3. The van der Waals surface area contributed by atoms with Crippen molar-refractivity contribution < 1.29 is 8.42 Å². The van der Waals surface area contributed by atoms with Gasteiger partial charge in [0, 0.05) is 16.8 Å². The molecule has 0 radical (unpaired) electrons. The summed E-state index contributed by atoms with van der Waals surface area (Å²) < 4.78 is 24.5. The van der Waals surface area contributed by atoms with Gasteiger partial charge in [0.2, 0.25) is 0 Å². The number of halogens is 1. The fourth-order valence-corrected chi connectivity index (χ4v) is 3.26. The van der Waals surface area contributed by atoms with E-state index >= 15 is 0 Å². The van der Waals surface area contributed by atoms with E-state index in [1.54, 1.807) is 24.3 Å². The third kappa shape index (κ3) is 3.11. The fourth-order valence-electron chi connectivity index (χ4n) is 1.60. The second-order valence-corrected chi connectivity index (χ2v) is 6.27. The van der Waals surface area contributed by atoms with Crippen molar-refractivity contribution in [1.29, 1.82) is 5.26 Å². The van der Waals surface area contributed by atoms with Gasteiger partial charge in [-0.1, -0.05) is 23.7 Å². The summed E-state index contributed by atoms with van der Waals surface area (Å²) in [7, 11) is -3.54. The van der Waals surface area contributed by atoms with Gasteiger partial charge >= 0.3 is 0 Å². The molecule has 0 aliphatic rings. The number of nitriles is 1. The highest BCUT2D eigenvalue weighted by atomic mass is 35.5. The average Bonchev–Trinajstić information content (AvgIpc) is 2.39. The van der Waals surface area contributed by atoms with Gasteiger partial charge < -0.3 is 0 Å². The summed E-state index contributed by atoms with van der Waals surface area (Å²) in [5.74, 6) is -0.274. The van der Waals surface area contributed by atoms with Gasteiger partial charge in [-0.3, -0.25) is 0 Å². The molecule has 0 aliphatic carbocycles. The molecule has 0 saturated carbocycles. The molecular weight excluding hydrogens is 284 g/mol. The van der Waals surface area contributed by atoms with Crippen LogP contribution >= 0.6 is 11.6 Å². The van der Waals surface area contributed by atoms with Crippen molar-refractivity contribution >= 4 is 21.4 Å². The molecule has 6 heteroatoms. The minimum Gasteiger partial charge on any atom is -0.245 e. The second-order valence-electron chi connectivity index (χ2n) is 3.84. The Balaban J connectivity index is 2.40. The number of sulfone groups is 1. The third-order valence-corrected chi connectivity index (χ3v) is 4.40. The minimum absolute atomic E-state index is 0.119. The van der Waals surface area contributed by atoms with E-state index in [4.69, 9.17) is 16.9 Å². The molecule has 1 heterocycles. The Morgan fingerprint density at radius 2 is 2.05 bits per heavy atom. The lowest BCUT2D eigenvalue weighted by atomic mass is 10.2. The van der Waals surface area contributed by atoms with Gasteiger partial charge in [-0.25, -0.2) is 13.4 Å². The highest BCUT2D eigenvalue weighted by Gasteiger charge is 2.18. The van der Waals surface area contributed by atoms with Crippen LogP contribution in [0.25, 0.3) is 0 Å². The summed E-state index contributed by atoms with van der Waals surface area (Å²) in [6, 6.07) is 11.1. The van der Waals surface area contributed by atoms with Crippen molar-refractivity contribution in [3.8, 4) is 6.07 Å². The van der Waals surface area contributed by atoms with Crippen LogP contribution in [-0.4, -0.2) is 13.4 Å². The number of hydrogen-bond acceptors (Lipinski definition) is 4. The minimum atomic E-state index is -3.54. The number of pyridine rings is 1. The van der Waals surface area contributed by atoms with Crippen LogP contribution < -0.4 is 0 Å². The zero-order valence-electron chi connectivity index (χ0n) is 9.75. The lowest BCUT2D eigenvalue weighted by molar-refractivity contribution is 0.595. The Morgan fingerprint density at radius 3 is 2.74 bits per heavy atom. The maximum absolute atomic E-state index is 12.2. The van der Waals surface area contributed by atoms with Crippen LogP contribution in [0.4, 0.5) is 0 Å². The lowest BCUT2D eigenvalue weighted by Crippen LogP contribution is -2.07. The van der Waals surface area contributed by atoms with Gasteiger partial charge in [0.15, 0.2) is 9.84 Å². The first kappa shape index (κ1) is 13.5. The van der Waals surface area contributed by atoms with Crippen molar-refractivity contribution in [2.45, 2.75) is 10.6 Å². The molecule has 4 nitrogen and oxygen atoms in total. The van der Waals surface area contributed by atoms with Gasteiger partial charge in [-0.05, 0) is 24.3 Å². The molecule has 0 spiro atoms. The van der Waals surface area contributed by atoms with Crippen molar-refractivity contribution in [2.75, 3.05) is 0 Å². The fraction of sp³-hybridized carbons (Fsp3) is 0.0769. The number of nitrogens with zero attached hydrogens (tertiary/aromatic N) is 2. The Hall–Kier alpha value is -1.90. The maximum atomic E-state index is 12.2. The van der Waals surface area contributed by atoms with E-state index in [1.165, 1.54) is 18.3 Å². The maximum Gasteiger partial charge on any atom is 0.182 e. The molecule has 1 aromatic heterocycles. The van der Waals surface area contributed by atoms with Crippen LogP contribution in [-0.2, 0) is 15.6 Å². The van der Waals surface area contributed by atoms with Crippen LogP contribution in [0.1, 0.15) is 11.3 Å². The van der Waals surface area contributed by atoms with Gasteiger partial charge in [0.05, 0.1) is 10.6 Å². The van der Waals surface area contributed by atoms with Gasteiger partial charge in [0.25, 0.3) is 0 Å². The molecule has 0 fully saturated rings. The molecule has 0 saturated heterocycles. The summed E-state index contributed by atoms with van der Waals surface area (Å²) in [5, 5.41) is 9.26. The molecule has 0 amide bonds. The molecule has 2 rings (SSSR count). The summed E-state index contributed by atoms with van der Waals surface area (Å²) in [5.41, 5.74) is 0.498. The molecule has 0 N–H and O–H groups in total. The van der Waals surface area contributed by atoms with E-state index in [0.29, 0.717) is 10.6 Å². The van der Waals surface area contributed by atoms with Crippen molar-refractivity contribution in [1.82, 2.24) is 4.98 Å². The highest BCUT2D eigenvalue weighted by Crippen LogP contribution is 2.20. The van der Waals surface area contributed by atoms with E-state index < -0.39 is 9.84 Å². The zero-order chi connectivity index (χ0) is 13.9. The van der Waals surface area contributed by atoms with Gasteiger partial charge in [-0.2, -0.15) is 5.26 Å². The largest absolute Gasteiger partial charge is 0.245 e. The topological polar surface area (TPSA) is 70.8 Å². The lowest BCUT2D eigenvalue weighted by Gasteiger charge is -2.06. The SMILES string of the molecule is N#Cc1ncccc1CS(=O)(=O)c1cccc(Cl)c1. The smallest absolute Gasteiger partial charge is 0.182 e. The third-order valence-electron chi connectivity index (χ3n) is 2.50. The first-order chi connectivity index (χ1) is 9.03. The Labute approximate surface area is 116 Å². The second kappa shape index (κ2) is 5.39. The average molecular weight is 293 g/mol. The van der Waals surface area contributed by atoms with Gasteiger partial charge in [-0.15, -0.1) is 0 Å². The standard InChI is InChI=1S/C13H9ClN2O2S/c14-11-4-1-5-12(7-11)19(17,18)9-10-3-2-6-16-13(10)8-15/h1-7H,9H2.